The molecule has 1 amide bonds. The van der Waals surface area contributed by atoms with Crippen LogP contribution in [-0.2, 0) is 11.3 Å². The van der Waals surface area contributed by atoms with Crippen LogP contribution in [0.2, 0.25) is 0 Å². The topological polar surface area (TPSA) is 82.2 Å². The van der Waals surface area contributed by atoms with Crippen LogP contribution in [0, 0.1) is 0 Å². The van der Waals surface area contributed by atoms with Crippen molar-refractivity contribution in [1.82, 2.24) is 20.1 Å². The number of rotatable bonds is 8. The number of benzene rings is 1. The minimum absolute atomic E-state index is 0.0291. The summed E-state index contributed by atoms with van der Waals surface area (Å²) in [5.74, 6) is 2.22. The number of nitrogens with zero attached hydrogens (tertiary/aromatic N) is 3. The Morgan fingerprint density at radius 2 is 2.00 bits per heavy atom. The Bertz CT molecular complexity index is 979. The molecule has 2 heterocycles. The molecular formula is C23H28N4O3S. The second kappa shape index (κ2) is 10.0. The average molecular weight is 441 g/mol. The fraction of sp³-hybridized carbons (Fsp3) is 0.435. The van der Waals surface area contributed by atoms with Gasteiger partial charge in [-0.3, -0.25) is 9.36 Å². The summed E-state index contributed by atoms with van der Waals surface area (Å²) in [7, 11) is 1.64. The third-order valence-electron chi connectivity index (χ3n) is 5.62. The molecule has 0 spiro atoms. The van der Waals surface area contributed by atoms with Crippen LogP contribution in [0.5, 0.6) is 5.75 Å². The van der Waals surface area contributed by atoms with Gasteiger partial charge in [0, 0.05) is 12.6 Å². The van der Waals surface area contributed by atoms with Crippen LogP contribution in [0.3, 0.4) is 0 Å². The standard InChI is InChI=1S/C23H28N4O3S/c1-16(22(28)24-15-17-10-12-19(29-2)13-11-17)31-23-26-25-21(20-9-6-14-30-20)27(23)18-7-4-3-5-8-18/h6,9-14,16,18H,3-5,7-8,15H2,1-2H3,(H,24,28)/t16-/m1/s1. The Balaban J connectivity index is 1.45. The summed E-state index contributed by atoms with van der Waals surface area (Å²) in [4.78, 5) is 12.7. The summed E-state index contributed by atoms with van der Waals surface area (Å²) in [5.41, 5.74) is 1.02. The van der Waals surface area contributed by atoms with Gasteiger partial charge in [0.2, 0.25) is 11.7 Å². The molecule has 1 N–H and O–H groups in total. The molecule has 0 unspecified atom stereocenters. The van der Waals surface area contributed by atoms with Crippen LogP contribution in [0.4, 0.5) is 0 Å². The zero-order valence-electron chi connectivity index (χ0n) is 17.9. The van der Waals surface area contributed by atoms with Crippen LogP contribution < -0.4 is 10.1 Å². The van der Waals surface area contributed by atoms with Crippen molar-refractivity contribution in [2.24, 2.45) is 0 Å². The molecule has 0 radical (unpaired) electrons. The summed E-state index contributed by atoms with van der Waals surface area (Å²) in [5, 5.41) is 12.3. The van der Waals surface area contributed by atoms with Crippen molar-refractivity contribution in [3.63, 3.8) is 0 Å². The van der Waals surface area contributed by atoms with Gasteiger partial charge in [0.05, 0.1) is 18.6 Å². The zero-order valence-corrected chi connectivity index (χ0v) is 18.7. The highest BCUT2D eigenvalue weighted by atomic mass is 32.2. The molecule has 164 valence electrons. The SMILES string of the molecule is COc1ccc(CNC(=O)[C@@H](C)Sc2nnc(-c3ccco3)n2C2CCCCC2)cc1. The number of nitrogens with one attached hydrogen (secondary N) is 1. The first kappa shape index (κ1) is 21.5. The number of ether oxygens (including phenoxy) is 1. The molecule has 2 aromatic heterocycles. The number of carbonyl (C=O) groups excluding carboxylic acids is 1. The van der Waals surface area contributed by atoms with E-state index >= 15 is 0 Å². The quantitative estimate of drug-likeness (QED) is 0.504. The third-order valence-corrected chi connectivity index (χ3v) is 6.68. The van der Waals surface area contributed by atoms with Gasteiger partial charge in [0.15, 0.2) is 10.9 Å². The van der Waals surface area contributed by atoms with Gasteiger partial charge in [-0.1, -0.05) is 43.2 Å². The van der Waals surface area contributed by atoms with Gasteiger partial charge in [0.1, 0.15) is 5.75 Å². The molecule has 1 atom stereocenters. The van der Waals surface area contributed by atoms with Gasteiger partial charge >= 0.3 is 0 Å². The minimum Gasteiger partial charge on any atom is -0.497 e. The largest absolute Gasteiger partial charge is 0.497 e. The highest BCUT2D eigenvalue weighted by molar-refractivity contribution is 8.00. The molecule has 0 bridgehead atoms. The molecule has 31 heavy (non-hydrogen) atoms. The Kier molecular flexibility index (Phi) is 6.96. The predicted molar refractivity (Wildman–Crippen MR) is 120 cm³/mol. The second-order valence-electron chi connectivity index (χ2n) is 7.77. The van der Waals surface area contributed by atoms with E-state index in [0.29, 0.717) is 18.3 Å². The van der Waals surface area contributed by atoms with E-state index in [0.717, 1.165) is 35.1 Å². The Morgan fingerprint density at radius 1 is 1.23 bits per heavy atom. The van der Waals surface area contributed by atoms with Crippen LogP contribution in [0.15, 0.2) is 52.2 Å². The average Bonchev–Trinajstić information content (AvgIpc) is 3.48. The van der Waals surface area contributed by atoms with E-state index < -0.39 is 0 Å². The fourth-order valence-corrected chi connectivity index (χ4v) is 4.83. The predicted octanol–water partition coefficient (Wildman–Crippen LogP) is 4.85. The molecule has 3 aromatic rings. The lowest BCUT2D eigenvalue weighted by atomic mass is 9.95. The van der Waals surface area contributed by atoms with Gasteiger partial charge in [-0.2, -0.15) is 0 Å². The summed E-state index contributed by atoms with van der Waals surface area (Å²) >= 11 is 1.45. The Morgan fingerprint density at radius 3 is 2.68 bits per heavy atom. The van der Waals surface area contributed by atoms with E-state index in [4.69, 9.17) is 9.15 Å². The van der Waals surface area contributed by atoms with E-state index in [2.05, 4.69) is 20.1 Å². The number of methoxy groups -OCH3 is 1. The fourth-order valence-electron chi connectivity index (χ4n) is 3.89. The maximum Gasteiger partial charge on any atom is 0.233 e. The van der Waals surface area contributed by atoms with Crippen molar-refractivity contribution in [3.8, 4) is 17.3 Å². The van der Waals surface area contributed by atoms with Crippen LogP contribution in [0.25, 0.3) is 11.6 Å². The van der Waals surface area contributed by atoms with Gasteiger partial charge < -0.3 is 14.5 Å². The summed E-state index contributed by atoms with van der Waals surface area (Å²) < 4.78 is 13.0. The van der Waals surface area contributed by atoms with Gasteiger partial charge in [-0.15, -0.1) is 10.2 Å². The first-order valence-corrected chi connectivity index (χ1v) is 11.6. The number of amides is 1. The lowest BCUT2D eigenvalue weighted by Gasteiger charge is -2.25. The molecule has 1 aliphatic rings. The smallest absolute Gasteiger partial charge is 0.233 e. The maximum absolute atomic E-state index is 12.7. The Hall–Kier alpha value is -2.74. The van der Waals surface area contributed by atoms with E-state index in [9.17, 15) is 4.79 Å². The van der Waals surface area contributed by atoms with Gasteiger partial charge in [-0.25, -0.2) is 0 Å². The first-order chi connectivity index (χ1) is 15.2. The molecule has 0 aliphatic heterocycles. The highest BCUT2D eigenvalue weighted by Gasteiger charge is 2.27. The van der Waals surface area contributed by atoms with Crippen LogP contribution >= 0.6 is 11.8 Å². The number of hydrogen-bond donors (Lipinski definition) is 1. The van der Waals surface area contributed by atoms with E-state index in [1.54, 1.807) is 13.4 Å². The minimum atomic E-state index is -0.297. The number of thioether (sulfide) groups is 1. The van der Waals surface area contributed by atoms with Crippen molar-refractivity contribution in [2.45, 2.75) is 62.0 Å². The van der Waals surface area contributed by atoms with Crippen LogP contribution in [-0.4, -0.2) is 33.0 Å². The van der Waals surface area contributed by atoms with E-state index in [1.807, 2.05) is 43.3 Å². The van der Waals surface area contributed by atoms with Gasteiger partial charge in [0.25, 0.3) is 0 Å². The van der Waals surface area contributed by atoms with Crippen molar-refractivity contribution < 1.29 is 13.9 Å². The number of aromatic nitrogens is 3. The molecule has 1 fully saturated rings. The zero-order chi connectivity index (χ0) is 21.6. The van der Waals surface area contributed by atoms with Crippen molar-refractivity contribution in [3.05, 3.63) is 48.2 Å². The van der Waals surface area contributed by atoms with Crippen molar-refractivity contribution >= 4 is 17.7 Å². The summed E-state index contributed by atoms with van der Waals surface area (Å²) in [6, 6.07) is 11.8. The van der Waals surface area contributed by atoms with Gasteiger partial charge in [-0.05, 0) is 49.6 Å². The molecule has 7 nitrogen and oxygen atoms in total. The number of hydrogen-bond acceptors (Lipinski definition) is 6. The normalized spacial score (nSPS) is 15.5. The highest BCUT2D eigenvalue weighted by Crippen LogP contribution is 2.36. The summed E-state index contributed by atoms with van der Waals surface area (Å²) in [6.07, 6.45) is 7.50. The number of furan rings is 1. The second-order valence-corrected chi connectivity index (χ2v) is 9.08. The monoisotopic (exact) mass is 440 g/mol. The van der Waals surface area contributed by atoms with E-state index in [1.165, 1.54) is 31.0 Å². The lowest BCUT2D eigenvalue weighted by Crippen LogP contribution is -2.30. The third kappa shape index (κ3) is 5.12. The molecular weight excluding hydrogens is 412 g/mol. The van der Waals surface area contributed by atoms with Crippen molar-refractivity contribution in [2.75, 3.05) is 7.11 Å². The summed E-state index contributed by atoms with van der Waals surface area (Å²) in [6.45, 7) is 2.38. The lowest BCUT2D eigenvalue weighted by molar-refractivity contribution is -0.120. The molecule has 1 saturated carbocycles. The van der Waals surface area contributed by atoms with E-state index in [-0.39, 0.29) is 11.2 Å². The van der Waals surface area contributed by atoms with Crippen LogP contribution in [0.1, 0.15) is 50.6 Å². The molecule has 1 aliphatic carbocycles. The molecule has 4 rings (SSSR count). The first-order valence-electron chi connectivity index (χ1n) is 10.7. The maximum atomic E-state index is 12.7. The molecule has 1 aromatic carbocycles. The Labute approximate surface area is 186 Å². The molecule has 0 saturated heterocycles. The number of carbonyl (C=O) groups is 1. The molecule has 8 heteroatoms. The van der Waals surface area contributed by atoms with Crippen molar-refractivity contribution in [1.29, 1.82) is 0 Å².